The highest BCUT2D eigenvalue weighted by Gasteiger charge is 2.32. The molecule has 0 saturated carbocycles. The number of thiocarbonyl (C=S) groups is 1. The molecule has 1 fully saturated rings. The Labute approximate surface area is 259 Å². The molecule has 42 heavy (non-hydrogen) atoms. The van der Waals surface area contributed by atoms with Crippen LogP contribution in [0.3, 0.4) is 0 Å². The van der Waals surface area contributed by atoms with Crippen LogP contribution in [0, 0.1) is 5.82 Å². The minimum atomic E-state index is -0.441. The fraction of sp³-hybridized carbons (Fsp3) is 0.441. The average Bonchev–Trinajstić information content (AvgIpc) is 3.54. The summed E-state index contributed by atoms with van der Waals surface area (Å²) < 4.78 is 22.8. The van der Waals surface area contributed by atoms with Crippen LogP contribution in [0.4, 0.5) is 4.39 Å². The van der Waals surface area contributed by atoms with Crippen molar-refractivity contribution in [3.8, 4) is 22.7 Å². The molecule has 1 aromatic heterocycles. The van der Waals surface area contributed by atoms with Gasteiger partial charge in [0.2, 0.25) is 0 Å². The lowest BCUT2D eigenvalue weighted by Crippen LogP contribution is -2.29. The summed E-state index contributed by atoms with van der Waals surface area (Å²) in [6.07, 6.45) is 16.9. The van der Waals surface area contributed by atoms with Crippen molar-refractivity contribution in [2.45, 2.75) is 84.5 Å². The molecule has 1 aliphatic rings. The first-order valence-electron chi connectivity index (χ1n) is 15.3. The van der Waals surface area contributed by atoms with Crippen LogP contribution in [0.15, 0.2) is 59.6 Å². The van der Waals surface area contributed by atoms with Gasteiger partial charge in [0.25, 0.3) is 5.91 Å². The second kappa shape index (κ2) is 16.6. The number of ether oxygens (including phenoxy) is 1. The number of carbonyl (C=O) groups excluding carboxylic acids is 1. The molecule has 224 valence electrons. The van der Waals surface area contributed by atoms with E-state index >= 15 is 0 Å². The molecule has 0 bridgehead atoms. The number of halogens is 1. The predicted octanol–water partition coefficient (Wildman–Crippen LogP) is 9.59. The molecule has 2 heterocycles. The summed E-state index contributed by atoms with van der Waals surface area (Å²) in [4.78, 5) is 15.7. The van der Waals surface area contributed by atoms with E-state index in [1.807, 2.05) is 49.5 Å². The zero-order valence-corrected chi connectivity index (χ0v) is 26.5. The Morgan fingerprint density at radius 1 is 0.929 bits per heavy atom. The molecule has 2 aromatic carbocycles. The number of thioether (sulfide) groups is 1. The van der Waals surface area contributed by atoms with Crippen LogP contribution in [-0.2, 0) is 4.79 Å². The van der Waals surface area contributed by atoms with Gasteiger partial charge in [-0.25, -0.2) is 9.07 Å². The summed E-state index contributed by atoms with van der Waals surface area (Å²) in [5.74, 6) is -0.296. The van der Waals surface area contributed by atoms with Crippen LogP contribution in [-0.4, -0.2) is 38.1 Å². The number of hydrogen-bond acceptors (Lipinski definition) is 5. The van der Waals surface area contributed by atoms with Gasteiger partial charge in [0.05, 0.1) is 17.2 Å². The molecule has 0 N–H and O–H groups in total. The SMILES string of the molecule is CCCCCCCCCCCCN1C(=O)C(=Cc2cn(-c3ccccc3)nc2-c2ccc(OCCC)c(F)c2)SC1=S. The number of amides is 1. The monoisotopic (exact) mass is 607 g/mol. The summed E-state index contributed by atoms with van der Waals surface area (Å²) in [5.41, 5.74) is 2.79. The summed E-state index contributed by atoms with van der Waals surface area (Å²) >= 11 is 6.92. The number of para-hydroxylation sites is 1. The van der Waals surface area contributed by atoms with Crippen LogP contribution in [0.5, 0.6) is 5.75 Å². The third-order valence-electron chi connectivity index (χ3n) is 7.33. The van der Waals surface area contributed by atoms with Crippen molar-refractivity contribution in [3.63, 3.8) is 0 Å². The van der Waals surface area contributed by atoms with Crippen molar-refractivity contribution in [1.29, 1.82) is 0 Å². The summed E-state index contributed by atoms with van der Waals surface area (Å²) in [5, 5.41) is 4.79. The van der Waals surface area contributed by atoms with E-state index in [-0.39, 0.29) is 11.7 Å². The third kappa shape index (κ3) is 8.77. The number of aromatic nitrogens is 2. The van der Waals surface area contributed by atoms with Crippen molar-refractivity contribution in [3.05, 3.63) is 71.0 Å². The Hall–Kier alpha value is -2.97. The fourth-order valence-electron chi connectivity index (χ4n) is 5.00. The Bertz CT molecular complexity index is 1360. The van der Waals surface area contributed by atoms with Gasteiger partial charge in [0.1, 0.15) is 10.0 Å². The van der Waals surface area contributed by atoms with Gasteiger partial charge in [-0.2, -0.15) is 5.10 Å². The fourth-order valence-corrected chi connectivity index (χ4v) is 6.30. The standard InChI is InChI=1S/C34H42FN3O2S2/c1-3-5-6-7-8-9-10-11-12-16-21-37-33(39)31(42-34(37)41)24-27-25-38(28-17-14-13-15-18-28)36-32(27)26-19-20-30(29(35)23-26)40-22-4-2/h13-15,17-20,23-25H,3-12,16,21-22H2,1-2H3. The van der Waals surface area contributed by atoms with Crippen molar-refractivity contribution >= 4 is 40.3 Å². The summed E-state index contributed by atoms with van der Waals surface area (Å²) in [7, 11) is 0. The highest BCUT2D eigenvalue weighted by molar-refractivity contribution is 8.26. The maximum atomic E-state index is 14.9. The normalized spacial score (nSPS) is 14.4. The number of benzene rings is 2. The second-order valence-electron chi connectivity index (χ2n) is 10.7. The van der Waals surface area contributed by atoms with Crippen molar-refractivity contribution in [2.75, 3.05) is 13.2 Å². The van der Waals surface area contributed by atoms with Gasteiger partial charge in [0, 0.05) is 23.9 Å². The van der Waals surface area contributed by atoms with Crippen molar-refractivity contribution in [1.82, 2.24) is 14.7 Å². The van der Waals surface area contributed by atoms with Crippen LogP contribution >= 0.6 is 24.0 Å². The van der Waals surface area contributed by atoms with E-state index in [1.54, 1.807) is 21.7 Å². The average molecular weight is 608 g/mol. The van der Waals surface area contributed by atoms with Crippen molar-refractivity contribution in [2.24, 2.45) is 0 Å². The number of unbranched alkanes of at least 4 members (excludes halogenated alkanes) is 9. The molecule has 3 aromatic rings. The molecule has 1 amide bonds. The van der Waals surface area contributed by atoms with Gasteiger partial charge in [-0.15, -0.1) is 0 Å². The van der Waals surface area contributed by atoms with Gasteiger partial charge >= 0.3 is 0 Å². The lowest BCUT2D eigenvalue weighted by Gasteiger charge is -2.14. The molecular weight excluding hydrogens is 566 g/mol. The van der Waals surface area contributed by atoms with E-state index in [0.717, 1.165) is 30.5 Å². The van der Waals surface area contributed by atoms with Crippen molar-refractivity contribution < 1.29 is 13.9 Å². The van der Waals surface area contributed by atoms with Crippen LogP contribution in [0.1, 0.15) is 90.0 Å². The second-order valence-corrected chi connectivity index (χ2v) is 12.4. The van der Waals surface area contributed by atoms with Crippen LogP contribution < -0.4 is 4.74 Å². The van der Waals surface area contributed by atoms with E-state index < -0.39 is 5.82 Å². The smallest absolute Gasteiger partial charge is 0.266 e. The molecule has 4 rings (SSSR count). The van der Waals surface area contributed by atoms with Gasteiger partial charge in [-0.1, -0.05) is 114 Å². The van der Waals surface area contributed by atoms with Gasteiger partial charge in [-0.05, 0) is 49.2 Å². The Morgan fingerprint density at radius 3 is 2.29 bits per heavy atom. The quantitative estimate of drug-likeness (QED) is 0.0869. The zero-order chi connectivity index (χ0) is 29.7. The minimum Gasteiger partial charge on any atom is -0.491 e. The lowest BCUT2D eigenvalue weighted by molar-refractivity contribution is -0.122. The van der Waals surface area contributed by atoms with Gasteiger partial charge in [0.15, 0.2) is 11.6 Å². The Kier molecular flexibility index (Phi) is 12.6. The van der Waals surface area contributed by atoms with E-state index in [9.17, 15) is 9.18 Å². The molecule has 0 atom stereocenters. The Balaban J connectivity index is 1.45. The first-order chi connectivity index (χ1) is 20.5. The third-order valence-corrected chi connectivity index (χ3v) is 8.70. The molecule has 0 radical (unpaired) electrons. The van der Waals surface area contributed by atoms with E-state index in [4.69, 9.17) is 22.1 Å². The topological polar surface area (TPSA) is 47.4 Å². The van der Waals surface area contributed by atoms with E-state index in [1.165, 1.54) is 69.2 Å². The highest BCUT2D eigenvalue weighted by Crippen LogP contribution is 2.36. The van der Waals surface area contributed by atoms with Gasteiger partial charge in [-0.3, -0.25) is 9.69 Å². The minimum absolute atomic E-state index is 0.0752. The first kappa shape index (κ1) is 32.0. The lowest BCUT2D eigenvalue weighted by atomic mass is 10.1. The van der Waals surface area contributed by atoms with E-state index in [0.29, 0.717) is 33.6 Å². The maximum Gasteiger partial charge on any atom is 0.266 e. The largest absolute Gasteiger partial charge is 0.491 e. The summed E-state index contributed by atoms with van der Waals surface area (Å²) in [6, 6.07) is 14.6. The summed E-state index contributed by atoms with van der Waals surface area (Å²) in [6.45, 7) is 5.32. The molecule has 8 heteroatoms. The molecular formula is C34H42FN3O2S2. The zero-order valence-electron chi connectivity index (χ0n) is 24.8. The number of hydrogen-bond donors (Lipinski definition) is 0. The number of rotatable bonds is 17. The van der Waals surface area contributed by atoms with Crippen LogP contribution in [0.25, 0.3) is 23.0 Å². The molecule has 5 nitrogen and oxygen atoms in total. The molecule has 0 aliphatic carbocycles. The maximum absolute atomic E-state index is 14.9. The number of nitrogens with zero attached hydrogens (tertiary/aromatic N) is 3. The predicted molar refractivity (Wildman–Crippen MR) is 176 cm³/mol. The molecule has 0 unspecified atom stereocenters. The molecule has 1 aliphatic heterocycles. The molecule has 0 spiro atoms. The first-order valence-corrected chi connectivity index (χ1v) is 16.6. The Morgan fingerprint density at radius 2 is 1.62 bits per heavy atom. The highest BCUT2D eigenvalue weighted by atomic mass is 32.2. The number of carbonyl (C=O) groups is 1. The molecule has 1 saturated heterocycles. The van der Waals surface area contributed by atoms with Crippen LogP contribution in [0.2, 0.25) is 0 Å². The van der Waals surface area contributed by atoms with Gasteiger partial charge < -0.3 is 4.74 Å². The van der Waals surface area contributed by atoms with E-state index in [2.05, 4.69) is 6.92 Å².